The summed E-state index contributed by atoms with van der Waals surface area (Å²) in [5, 5.41) is 0. The molecule has 1 unspecified atom stereocenters. The molecule has 1 aromatic rings. The Balaban J connectivity index is 2.52. The molecule has 0 aromatic heterocycles. The highest BCUT2D eigenvalue weighted by Gasteiger charge is 2.00. The van der Waals surface area contributed by atoms with Crippen LogP contribution in [0.1, 0.15) is 39.2 Å². The van der Waals surface area contributed by atoms with Crippen molar-refractivity contribution in [3.63, 3.8) is 0 Å². The summed E-state index contributed by atoms with van der Waals surface area (Å²) in [7, 11) is 0. The Labute approximate surface area is 115 Å². The lowest BCUT2D eigenvalue weighted by Crippen LogP contribution is -2.09. The van der Waals surface area contributed by atoms with Gasteiger partial charge in [-0.3, -0.25) is 0 Å². The fourth-order valence-electron chi connectivity index (χ4n) is 1.39. The van der Waals surface area contributed by atoms with E-state index in [-0.39, 0.29) is 12.1 Å². The van der Waals surface area contributed by atoms with Gasteiger partial charge in [0, 0.05) is 6.08 Å². The van der Waals surface area contributed by atoms with E-state index in [2.05, 4.69) is 6.92 Å². The molecular formula is C16H22O3. The molecule has 0 radical (unpaired) electrons. The molecule has 3 heteroatoms. The smallest absolute Gasteiger partial charge is 0.330 e. The van der Waals surface area contributed by atoms with Crippen LogP contribution in [-0.4, -0.2) is 18.7 Å². The summed E-state index contributed by atoms with van der Waals surface area (Å²) in [5.41, 5.74) is 0.949. The molecule has 0 bridgehead atoms. The molecule has 0 aliphatic rings. The summed E-state index contributed by atoms with van der Waals surface area (Å²) in [6.45, 7) is 6.55. The first kappa shape index (κ1) is 15.3. The maximum Gasteiger partial charge on any atom is 0.330 e. The van der Waals surface area contributed by atoms with Crippen LogP contribution in [-0.2, 0) is 9.53 Å². The summed E-state index contributed by atoms with van der Waals surface area (Å²) in [4.78, 5) is 11.3. The van der Waals surface area contributed by atoms with E-state index in [0.29, 0.717) is 6.61 Å². The molecular weight excluding hydrogens is 240 g/mol. The van der Waals surface area contributed by atoms with Crippen molar-refractivity contribution in [1.29, 1.82) is 0 Å². The second-order valence-corrected chi connectivity index (χ2v) is 4.41. The Morgan fingerprint density at radius 2 is 1.95 bits per heavy atom. The molecule has 0 fully saturated rings. The van der Waals surface area contributed by atoms with Crippen molar-refractivity contribution in [1.82, 2.24) is 0 Å². The van der Waals surface area contributed by atoms with Crippen LogP contribution in [0.2, 0.25) is 0 Å². The van der Waals surface area contributed by atoms with Crippen molar-refractivity contribution in [3.05, 3.63) is 35.9 Å². The highest BCUT2D eigenvalue weighted by atomic mass is 16.5. The number of ether oxygens (including phenoxy) is 2. The van der Waals surface area contributed by atoms with Crippen molar-refractivity contribution >= 4 is 12.0 Å². The fourth-order valence-corrected chi connectivity index (χ4v) is 1.39. The molecule has 1 aromatic carbocycles. The molecule has 0 aliphatic carbocycles. The van der Waals surface area contributed by atoms with Gasteiger partial charge in [0.15, 0.2) is 0 Å². The third kappa shape index (κ3) is 6.09. The largest absolute Gasteiger partial charge is 0.491 e. The van der Waals surface area contributed by atoms with Gasteiger partial charge in [-0.15, -0.1) is 0 Å². The molecule has 104 valence electrons. The highest BCUT2D eigenvalue weighted by molar-refractivity contribution is 5.87. The Hall–Kier alpha value is -1.77. The minimum Gasteiger partial charge on any atom is -0.491 e. The van der Waals surface area contributed by atoms with Gasteiger partial charge in [-0.25, -0.2) is 4.79 Å². The second-order valence-electron chi connectivity index (χ2n) is 4.41. The maximum absolute atomic E-state index is 11.3. The normalized spacial score (nSPS) is 12.4. The van der Waals surface area contributed by atoms with Gasteiger partial charge in [0.05, 0.1) is 12.7 Å². The first-order chi connectivity index (χ1) is 9.15. The number of benzene rings is 1. The number of rotatable bonds is 7. The fraction of sp³-hybridized carbons (Fsp3) is 0.438. The predicted octanol–water partition coefficient (Wildman–Crippen LogP) is 3.83. The second kappa shape index (κ2) is 8.35. The highest BCUT2D eigenvalue weighted by Crippen LogP contribution is 2.15. The van der Waals surface area contributed by atoms with Crippen LogP contribution in [0.25, 0.3) is 6.08 Å². The molecule has 0 saturated heterocycles. The molecule has 0 amide bonds. The zero-order chi connectivity index (χ0) is 14.1. The zero-order valence-corrected chi connectivity index (χ0v) is 11.9. The average Bonchev–Trinajstić information content (AvgIpc) is 2.44. The van der Waals surface area contributed by atoms with E-state index in [1.165, 1.54) is 6.08 Å². The van der Waals surface area contributed by atoms with Gasteiger partial charge in [0.25, 0.3) is 0 Å². The molecule has 0 N–H and O–H groups in total. The van der Waals surface area contributed by atoms with E-state index in [0.717, 1.165) is 24.2 Å². The van der Waals surface area contributed by atoms with E-state index in [4.69, 9.17) is 9.47 Å². The van der Waals surface area contributed by atoms with Gasteiger partial charge in [0.1, 0.15) is 5.75 Å². The molecule has 0 saturated carbocycles. The summed E-state index contributed by atoms with van der Waals surface area (Å²) in [6.07, 6.45) is 5.21. The zero-order valence-electron chi connectivity index (χ0n) is 11.9. The summed E-state index contributed by atoms with van der Waals surface area (Å²) in [5.74, 6) is 0.543. The van der Waals surface area contributed by atoms with Crippen LogP contribution in [0.4, 0.5) is 0 Å². The van der Waals surface area contributed by atoms with E-state index < -0.39 is 0 Å². The third-order valence-corrected chi connectivity index (χ3v) is 2.65. The van der Waals surface area contributed by atoms with Crippen LogP contribution in [0.15, 0.2) is 30.3 Å². The molecule has 3 nitrogen and oxygen atoms in total. The molecule has 0 aliphatic heterocycles. The van der Waals surface area contributed by atoms with Crippen LogP contribution in [0, 0.1) is 0 Å². The lowest BCUT2D eigenvalue weighted by Gasteiger charge is -2.12. The van der Waals surface area contributed by atoms with Crippen molar-refractivity contribution < 1.29 is 14.3 Å². The summed E-state index contributed by atoms with van der Waals surface area (Å²) in [6, 6.07) is 7.65. The van der Waals surface area contributed by atoms with E-state index in [1.807, 2.05) is 38.1 Å². The van der Waals surface area contributed by atoms with Crippen LogP contribution >= 0.6 is 0 Å². The van der Waals surface area contributed by atoms with Crippen molar-refractivity contribution in [3.8, 4) is 5.75 Å². The Morgan fingerprint density at radius 1 is 1.26 bits per heavy atom. The molecule has 1 atom stereocenters. The summed E-state index contributed by atoms with van der Waals surface area (Å²) < 4.78 is 10.6. The quantitative estimate of drug-likeness (QED) is 0.553. The monoisotopic (exact) mass is 262 g/mol. The van der Waals surface area contributed by atoms with Gasteiger partial charge < -0.3 is 9.47 Å². The minimum absolute atomic E-state index is 0.213. The minimum atomic E-state index is -0.304. The predicted molar refractivity (Wildman–Crippen MR) is 77.1 cm³/mol. The lowest BCUT2D eigenvalue weighted by atomic mass is 10.2. The van der Waals surface area contributed by atoms with Crippen LogP contribution < -0.4 is 4.74 Å². The first-order valence-electron chi connectivity index (χ1n) is 6.77. The SMILES string of the molecule is CCCOC(=O)/C=C/c1ccc(OC(C)CC)cc1. The molecule has 19 heavy (non-hydrogen) atoms. The molecule has 0 spiro atoms. The van der Waals surface area contributed by atoms with Crippen molar-refractivity contribution in [2.75, 3.05) is 6.61 Å². The lowest BCUT2D eigenvalue weighted by molar-refractivity contribution is -0.137. The van der Waals surface area contributed by atoms with Gasteiger partial charge in [0.2, 0.25) is 0 Å². The maximum atomic E-state index is 11.3. The van der Waals surface area contributed by atoms with E-state index >= 15 is 0 Å². The Bertz CT molecular complexity index is 407. The van der Waals surface area contributed by atoms with Gasteiger partial charge in [-0.1, -0.05) is 26.0 Å². The molecule has 1 rings (SSSR count). The van der Waals surface area contributed by atoms with E-state index in [1.54, 1.807) is 6.08 Å². The van der Waals surface area contributed by atoms with Crippen LogP contribution in [0.3, 0.4) is 0 Å². The topological polar surface area (TPSA) is 35.5 Å². The number of carbonyl (C=O) groups excluding carboxylic acids is 1. The number of hydrogen-bond acceptors (Lipinski definition) is 3. The third-order valence-electron chi connectivity index (χ3n) is 2.65. The number of esters is 1. The van der Waals surface area contributed by atoms with Gasteiger partial charge >= 0.3 is 5.97 Å². The standard InChI is InChI=1S/C16H22O3/c1-4-12-18-16(17)11-8-14-6-9-15(10-7-14)19-13(3)5-2/h6-11,13H,4-5,12H2,1-3H3/b11-8+. The Morgan fingerprint density at radius 3 is 2.53 bits per heavy atom. The summed E-state index contributed by atoms with van der Waals surface area (Å²) >= 11 is 0. The van der Waals surface area contributed by atoms with Gasteiger partial charge in [-0.05, 0) is 43.5 Å². The van der Waals surface area contributed by atoms with Crippen molar-refractivity contribution in [2.24, 2.45) is 0 Å². The number of hydrogen-bond donors (Lipinski definition) is 0. The Kier molecular flexibility index (Phi) is 6.72. The average molecular weight is 262 g/mol. The first-order valence-corrected chi connectivity index (χ1v) is 6.77. The van der Waals surface area contributed by atoms with Crippen molar-refractivity contribution in [2.45, 2.75) is 39.7 Å². The van der Waals surface area contributed by atoms with E-state index in [9.17, 15) is 4.79 Å². The van der Waals surface area contributed by atoms with Gasteiger partial charge in [-0.2, -0.15) is 0 Å². The molecule has 0 heterocycles. The van der Waals surface area contributed by atoms with Crippen LogP contribution in [0.5, 0.6) is 5.75 Å². The number of carbonyl (C=O) groups is 1.